The van der Waals surface area contributed by atoms with E-state index in [1.165, 1.54) is 25.3 Å². The largest absolute Gasteiger partial charge is 0.508 e. The van der Waals surface area contributed by atoms with Gasteiger partial charge in [0.1, 0.15) is 11.5 Å². The Morgan fingerprint density at radius 3 is 2.56 bits per heavy atom. The monoisotopic (exact) mass is 253 g/mol. The lowest BCUT2D eigenvalue weighted by molar-refractivity contribution is 0.128. The summed E-state index contributed by atoms with van der Waals surface area (Å²) in [6.07, 6.45) is -2.89. The van der Waals surface area contributed by atoms with E-state index in [-0.39, 0.29) is 18.2 Å². The lowest BCUT2D eigenvalue weighted by atomic mass is 10.0. The molecule has 0 aliphatic heterocycles. The molecule has 0 amide bonds. The molecule has 1 atom stereocenters. The third-order valence-electron chi connectivity index (χ3n) is 2.05. The fourth-order valence-corrected chi connectivity index (χ4v) is 1.33. The molecule has 0 aliphatic rings. The summed E-state index contributed by atoms with van der Waals surface area (Å²) in [6.45, 7) is 0. The SMILES string of the molecule is COc1cc(O)ccc1[C@H](N)CC(F)F.Cl. The van der Waals surface area contributed by atoms with Crippen molar-refractivity contribution in [2.75, 3.05) is 7.11 Å². The van der Waals surface area contributed by atoms with E-state index in [2.05, 4.69) is 0 Å². The van der Waals surface area contributed by atoms with Gasteiger partial charge in [0.05, 0.1) is 7.11 Å². The zero-order chi connectivity index (χ0) is 11.4. The molecule has 6 heteroatoms. The van der Waals surface area contributed by atoms with Crippen LogP contribution >= 0.6 is 12.4 Å². The van der Waals surface area contributed by atoms with Gasteiger partial charge in [0, 0.05) is 24.1 Å². The summed E-state index contributed by atoms with van der Waals surface area (Å²) < 4.78 is 29.2. The summed E-state index contributed by atoms with van der Waals surface area (Å²) in [5.74, 6) is 0.336. The van der Waals surface area contributed by atoms with Crippen molar-refractivity contribution in [2.24, 2.45) is 5.73 Å². The molecule has 0 radical (unpaired) electrons. The number of nitrogens with two attached hydrogens (primary N) is 1. The Morgan fingerprint density at radius 1 is 1.44 bits per heavy atom. The summed E-state index contributed by atoms with van der Waals surface area (Å²) in [4.78, 5) is 0. The number of halogens is 3. The fraction of sp³-hybridized carbons (Fsp3) is 0.400. The van der Waals surface area contributed by atoms with Crippen LogP contribution in [0.5, 0.6) is 11.5 Å². The maximum absolute atomic E-state index is 12.1. The molecule has 1 rings (SSSR count). The number of benzene rings is 1. The average Bonchev–Trinajstić information content (AvgIpc) is 2.16. The molecule has 0 aromatic heterocycles. The Morgan fingerprint density at radius 2 is 2.06 bits per heavy atom. The van der Waals surface area contributed by atoms with E-state index in [1.54, 1.807) is 0 Å². The van der Waals surface area contributed by atoms with Crippen molar-refractivity contribution in [3.05, 3.63) is 23.8 Å². The highest BCUT2D eigenvalue weighted by atomic mass is 35.5. The first-order chi connectivity index (χ1) is 7.04. The van der Waals surface area contributed by atoms with Gasteiger partial charge in [0.25, 0.3) is 0 Å². The highest BCUT2D eigenvalue weighted by molar-refractivity contribution is 5.85. The first-order valence-corrected chi connectivity index (χ1v) is 4.45. The van der Waals surface area contributed by atoms with Crippen LogP contribution in [0, 0.1) is 0 Å². The van der Waals surface area contributed by atoms with Gasteiger partial charge in [-0.15, -0.1) is 12.4 Å². The summed E-state index contributed by atoms with van der Waals surface area (Å²) in [7, 11) is 1.40. The third kappa shape index (κ3) is 3.83. The number of rotatable bonds is 4. The van der Waals surface area contributed by atoms with Crippen molar-refractivity contribution in [3.63, 3.8) is 0 Å². The first kappa shape index (κ1) is 14.9. The van der Waals surface area contributed by atoms with Gasteiger partial charge >= 0.3 is 0 Å². The van der Waals surface area contributed by atoms with Crippen LogP contribution in [0.4, 0.5) is 8.78 Å². The maximum Gasteiger partial charge on any atom is 0.240 e. The summed E-state index contributed by atoms with van der Waals surface area (Å²) in [5, 5.41) is 9.16. The predicted molar refractivity (Wildman–Crippen MR) is 59.5 cm³/mol. The van der Waals surface area contributed by atoms with Crippen molar-refractivity contribution in [3.8, 4) is 11.5 Å². The van der Waals surface area contributed by atoms with Crippen LogP contribution in [0.25, 0.3) is 0 Å². The summed E-state index contributed by atoms with van der Waals surface area (Å²) in [5.41, 5.74) is 6.05. The van der Waals surface area contributed by atoms with Crippen molar-refractivity contribution in [1.29, 1.82) is 0 Å². The molecular formula is C10H14ClF2NO2. The molecule has 16 heavy (non-hydrogen) atoms. The van der Waals surface area contributed by atoms with E-state index < -0.39 is 18.9 Å². The molecule has 0 saturated heterocycles. The van der Waals surface area contributed by atoms with E-state index >= 15 is 0 Å². The van der Waals surface area contributed by atoms with Crippen molar-refractivity contribution < 1.29 is 18.6 Å². The molecule has 0 saturated carbocycles. The molecule has 1 aromatic rings. The van der Waals surface area contributed by atoms with Crippen molar-refractivity contribution >= 4 is 12.4 Å². The highest BCUT2D eigenvalue weighted by Crippen LogP contribution is 2.30. The topological polar surface area (TPSA) is 55.5 Å². The lowest BCUT2D eigenvalue weighted by Gasteiger charge is -2.15. The van der Waals surface area contributed by atoms with Crippen LogP contribution in [0.3, 0.4) is 0 Å². The predicted octanol–water partition coefficient (Wildman–Crippen LogP) is 2.48. The van der Waals surface area contributed by atoms with Gasteiger partial charge in [-0.1, -0.05) is 6.07 Å². The normalized spacial score (nSPS) is 12.1. The van der Waals surface area contributed by atoms with Crippen LogP contribution in [0.2, 0.25) is 0 Å². The van der Waals surface area contributed by atoms with Crippen LogP contribution in [-0.2, 0) is 0 Å². The molecule has 0 unspecified atom stereocenters. The molecule has 0 bridgehead atoms. The lowest BCUT2D eigenvalue weighted by Crippen LogP contribution is -2.14. The Labute approximate surface area is 98.6 Å². The second-order valence-corrected chi connectivity index (χ2v) is 3.16. The number of hydrogen-bond donors (Lipinski definition) is 2. The molecule has 0 heterocycles. The van der Waals surface area contributed by atoms with E-state index in [1.807, 2.05) is 0 Å². The van der Waals surface area contributed by atoms with Crippen LogP contribution in [0.15, 0.2) is 18.2 Å². The minimum Gasteiger partial charge on any atom is -0.508 e. The van der Waals surface area contributed by atoms with E-state index in [0.29, 0.717) is 11.3 Å². The minimum atomic E-state index is -2.46. The van der Waals surface area contributed by atoms with Crippen LogP contribution in [0.1, 0.15) is 18.0 Å². The molecule has 0 aliphatic carbocycles. The van der Waals surface area contributed by atoms with Crippen LogP contribution in [-0.4, -0.2) is 18.6 Å². The van der Waals surface area contributed by atoms with Gasteiger partial charge < -0.3 is 15.6 Å². The highest BCUT2D eigenvalue weighted by Gasteiger charge is 2.16. The molecular weight excluding hydrogens is 240 g/mol. The maximum atomic E-state index is 12.1. The number of alkyl halides is 2. The quantitative estimate of drug-likeness (QED) is 0.867. The molecule has 3 nitrogen and oxygen atoms in total. The van der Waals surface area contributed by atoms with Crippen molar-refractivity contribution in [1.82, 2.24) is 0 Å². The van der Waals surface area contributed by atoms with E-state index in [0.717, 1.165) is 0 Å². The van der Waals surface area contributed by atoms with Gasteiger partial charge in [-0.25, -0.2) is 8.78 Å². The van der Waals surface area contributed by atoms with E-state index in [4.69, 9.17) is 15.6 Å². The van der Waals surface area contributed by atoms with E-state index in [9.17, 15) is 8.78 Å². The number of aromatic hydroxyl groups is 1. The first-order valence-electron chi connectivity index (χ1n) is 4.45. The second-order valence-electron chi connectivity index (χ2n) is 3.16. The molecule has 92 valence electrons. The van der Waals surface area contributed by atoms with Crippen molar-refractivity contribution in [2.45, 2.75) is 18.9 Å². The number of phenolic OH excluding ortho intramolecular Hbond substituents is 1. The zero-order valence-electron chi connectivity index (χ0n) is 8.69. The summed E-state index contributed by atoms with van der Waals surface area (Å²) in [6, 6.07) is 3.44. The van der Waals surface area contributed by atoms with Gasteiger partial charge in [-0.05, 0) is 6.07 Å². The van der Waals surface area contributed by atoms with Gasteiger partial charge in [-0.3, -0.25) is 0 Å². The van der Waals surface area contributed by atoms with Gasteiger partial charge in [-0.2, -0.15) is 0 Å². The average molecular weight is 254 g/mol. The Kier molecular flexibility index (Phi) is 6.06. The molecule has 3 N–H and O–H groups in total. The fourth-order valence-electron chi connectivity index (χ4n) is 1.33. The summed E-state index contributed by atoms with van der Waals surface area (Å²) >= 11 is 0. The number of methoxy groups -OCH3 is 1. The Balaban J connectivity index is 0.00000225. The van der Waals surface area contributed by atoms with Gasteiger partial charge in [0.15, 0.2) is 0 Å². The van der Waals surface area contributed by atoms with Crippen LogP contribution < -0.4 is 10.5 Å². The molecule has 0 spiro atoms. The molecule has 0 fully saturated rings. The number of phenols is 1. The number of hydrogen-bond acceptors (Lipinski definition) is 3. The second kappa shape index (κ2) is 6.50. The standard InChI is InChI=1S/C10H13F2NO2.ClH/c1-15-9-4-6(14)2-3-7(9)8(13)5-10(11)12;/h2-4,8,10,14H,5,13H2,1H3;1H/t8-;/m1./s1. The van der Waals surface area contributed by atoms with Gasteiger partial charge in [0.2, 0.25) is 6.43 Å². The number of ether oxygens (including phenoxy) is 1. The Bertz CT molecular complexity index is 337. The Hall–Kier alpha value is -1.07. The smallest absolute Gasteiger partial charge is 0.240 e. The third-order valence-corrected chi connectivity index (χ3v) is 2.05. The minimum absolute atomic E-state index is 0. The molecule has 1 aromatic carbocycles. The zero-order valence-corrected chi connectivity index (χ0v) is 9.51.